The molecule has 0 aromatic rings. The quantitative estimate of drug-likeness (QED) is 0.345. The van der Waals surface area contributed by atoms with Crippen LogP contribution >= 0.6 is 0 Å². The second-order valence-corrected chi connectivity index (χ2v) is 6.30. The lowest BCUT2D eigenvalue weighted by Crippen LogP contribution is -1.88. The maximum absolute atomic E-state index is 10.2. The third-order valence-corrected chi connectivity index (χ3v) is 3.59. The molecule has 0 rings (SSSR count). The molecular weight excluding hydrogens is 256 g/mol. The van der Waals surface area contributed by atoms with E-state index in [1.165, 1.54) is 23.1 Å². The fraction of sp³-hybridized carbons (Fsp3) is 0.600. The van der Waals surface area contributed by atoms with Gasteiger partial charge >= 0.3 is 0 Å². The van der Waals surface area contributed by atoms with E-state index in [2.05, 4.69) is 52.8 Å². The van der Waals surface area contributed by atoms with Crippen LogP contribution in [0.1, 0.15) is 73.1 Å². The minimum absolute atomic E-state index is 0.337. The van der Waals surface area contributed by atoms with Crippen LogP contribution in [0.5, 0.6) is 0 Å². The molecule has 0 fully saturated rings. The molecule has 0 aliphatic carbocycles. The Bertz CT molecular complexity index is 413. The summed E-state index contributed by atoms with van der Waals surface area (Å²) in [5, 5.41) is 0. The van der Waals surface area contributed by atoms with Crippen LogP contribution in [0.2, 0.25) is 0 Å². The van der Waals surface area contributed by atoms with Gasteiger partial charge in [0.05, 0.1) is 0 Å². The monoisotopic (exact) mass is 288 g/mol. The van der Waals surface area contributed by atoms with Gasteiger partial charge in [0, 0.05) is 6.08 Å². The fourth-order valence-corrected chi connectivity index (χ4v) is 2.13. The van der Waals surface area contributed by atoms with E-state index >= 15 is 0 Å². The SMILES string of the molecule is CC(C)=CCCC(C)=CCCC(C)=CCCC(C)C=C=O. The average Bonchev–Trinajstić information content (AvgIpc) is 2.38. The van der Waals surface area contributed by atoms with E-state index in [0.717, 1.165) is 32.1 Å². The van der Waals surface area contributed by atoms with E-state index in [1.54, 1.807) is 6.08 Å². The Morgan fingerprint density at radius 2 is 1.43 bits per heavy atom. The Kier molecular flexibility index (Phi) is 11.6. The van der Waals surface area contributed by atoms with Crippen molar-refractivity contribution in [1.82, 2.24) is 0 Å². The summed E-state index contributed by atoms with van der Waals surface area (Å²) in [5.41, 5.74) is 4.34. The van der Waals surface area contributed by atoms with Crippen molar-refractivity contribution < 1.29 is 4.79 Å². The van der Waals surface area contributed by atoms with Gasteiger partial charge in [0.2, 0.25) is 0 Å². The highest BCUT2D eigenvalue weighted by molar-refractivity contribution is 5.45. The molecule has 0 saturated heterocycles. The van der Waals surface area contributed by atoms with Gasteiger partial charge in [-0.05, 0) is 72.1 Å². The van der Waals surface area contributed by atoms with Gasteiger partial charge in [0.15, 0.2) is 0 Å². The highest BCUT2D eigenvalue weighted by Gasteiger charge is 1.96. The number of hydrogen-bond acceptors (Lipinski definition) is 1. The van der Waals surface area contributed by atoms with E-state index in [1.807, 2.05) is 5.94 Å². The minimum atomic E-state index is 0.337. The predicted molar refractivity (Wildman–Crippen MR) is 94.1 cm³/mol. The topological polar surface area (TPSA) is 17.1 Å². The van der Waals surface area contributed by atoms with Crippen molar-refractivity contribution in [1.29, 1.82) is 0 Å². The molecule has 1 heteroatoms. The van der Waals surface area contributed by atoms with Gasteiger partial charge in [0.25, 0.3) is 0 Å². The summed E-state index contributed by atoms with van der Waals surface area (Å²) in [4.78, 5) is 10.2. The van der Waals surface area contributed by atoms with E-state index < -0.39 is 0 Å². The predicted octanol–water partition coefficient (Wildman–Crippen LogP) is 6.21. The first-order chi connectivity index (χ1) is 9.95. The van der Waals surface area contributed by atoms with Crippen LogP contribution in [-0.2, 0) is 4.79 Å². The van der Waals surface area contributed by atoms with Crippen LogP contribution in [0.15, 0.2) is 41.0 Å². The highest BCUT2D eigenvalue weighted by atomic mass is 16.1. The Morgan fingerprint density at radius 3 is 1.95 bits per heavy atom. The van der Waals surface area contributed by atoms with E-state index in [4.69, 9.17) is 0 Å². The summed E-state index contributed by atoms with van der Waals surface area (Å²) in [5.74, 6) is 2.21. The second-order valence-electron chi connectivity index (χ2n) is 6.30. The lowest BCUT2D eigenvalue weighted by molar-refractivity contribution is 0.563. The van der Waals surface area contributed by atoms with E-state index in [0.29, 0.717) is 5.92 Å². The summed E-state index contributed by atoms with van der Waals surface area (Å²) in [6, 6.07) is 0. The van der Waals surface area contributed by atoms with Crippen molar-refractivity contribution >= 4 is 5.94 Å². The van der Waals surface area contributed by atoms with Crippen LogP contribution in [0, 0.1) is 5.92 Å². The highest BCUT2D eigenvalue weighted by Crippen LogP contribution is 2.13. The number of carbonyl (C=O) groups excluding carboxylic acids is 1. The molecule has 1 atom stereocenters. The molecular formula is C20H32O. The molecule has 0 N–H and O–H groups in total. The molecule has 21 heavy (non-hydrogen) atoms. The Morgan fingerprint density at radius 1 is 0.905 bits per heavy atom. The molecule has 0 aliphatic heterocycles. The van der Waals surface area contributed by atoms with Crippen molar-refractivity contribution in [2.45, 2.75) is 73.1 Å². The van der Waals surface area contributed by atoms with E-state index in [9.17, 15) is 4.79 Å². The molecule has 0 aromatic heterocycles. The van der Waals surface area contributed by atoms with Crippen molar-refractivity contribution in [2.24, 2.45) is 5.92 Å². The summed E-state index contributed by atoms with van der Waals surface area (Å²) in [6.07, 6.45) is 15.3. The first-order valence-corrected chi connectivity index (χ1v) is 8.11. The molecule has 0 spiro atoms. The Hall–Kier alpha value is -1.33. The van der Waals surface area contributed by atoms with Gasteiger partial charge in [-0.3, -0.25) is 0 Å². The zero-order valence-corrected chi connectivity index (χ0v) is 14.5. The maximum atomic E-state index is 10.2. The molecule has 0 bridgehead atoms. The maximum Gasteiger partial charge on any atom is 0.120 e. The summed E-state index contributed by atoms with van der Waals surface area (Å²) < 4.78 is 0. The standard InChI is InChI=1S/C20H32O/c1-17(2)9-6-10-18(3)11-7-12-19(4)13-8-14-20(5)15-16-21/h9,11,13,15,20H,6-8,10,12,14H2,1-5H3. The average molecular weight is 288 g/mol. The zero-order chi connectivity index (χ0) is 16.1. The molecule has 1 unspecified atom stereocenters. The number of allylic oxidation sites excluding steroid dienone is 7. The third-order valence-electron chi connectivity index (χ3n) is 3.59. The molecule has 0 saturated carbocycles. The second kappa shape index (κ2) is 12.4. The van der Waals surface area contributed by atoms with Gasteiger partial charge in [-0.2, -0.15) is 0 Å². The van der Waals surface area contributed by atoms with E-state index in [-0.39, 0.29) is 0 Å². The largest absolute Gasteiger partial charge is 0.234 e. The molecule has 118 valence electrons. The third kappa shape index (κ3) is 13.4. The smallest absolute Gasteiger partial charge is 0.120 e. The number of hydrogen-bond donors (Lipinski definition) is 0. The molecule has 0 aliphatic rings. The van der Waals surface area contributed by atoms with Crippen LogP contribution in [-0.4, -0.2) is 5.94 Å². The summed E-state index contributed by atoms with van der Waals surface area (Å²) in [6.45, 7) is 10.8. The molecule has 1 nitrogen and oxygen atoms in total. The van der Waals surface area contributed by atoms with Crippen molar-refractivity contribution in [2.75, 3.05) is 0 Å². The Balaban J connectivity index is 3.93. The van der Waals surface area contributed by atoms with Gasteiger partial charge in [0.1, 0.15) is 5.94 Å². The number of rotatable bonds is 10. The summed E-state index contributed by atoms with van der Waals surface area (Å²) >= 11 is 0. The van der Waals surface area contributed by atoms with Crippen molar-refractivity contribution in [3.05, 3.63) is 41.0 Å². The Labute approximate surface area is 131 Å². The molecule has 0 heterocycles. The minimum Gasteiger partial charge on any atom is -0.234 e. The van der Waals surface area contributed by atoms with Crippen LogP contribution < -0.4 is 0 Å². The van der Waals surface area contributed by atoms with Crippen molar-refractivity contribution in [3.8, 4) is 0 Å². The first kappa shape index (κ1) is 19.7. The van der Waals surface area contributed by atoms with Gasteiger partial charge in [-0.1, -0.05) is 41.9 Å². The lowest BCUT2D eigenvalue weighted by atomic mass is 10.0. The van der Waals surface area contributed by atoms with Crippen LogP contribution in [0.25, 0.3) is 0 Å². The first-order valence-electron chi connectivity index (χ1n) is 8.11. The normalized spacial score (nSPS) is 13.6. The van der Waals surface area contributed by atoms with Crippen molar-refractivity contribution in [3.63, 3.8) is 0 Å². The van der Waals surface area contributed by atoms with Gasteiger partial charge in [-0.15, -0.1) is 0 Å². The van der Waals surface area contributed by atoms with Crippen LogP contribution in [0.3, 0.4) is 0 Å². The summed E-state index contributed by atoms with van der Waals surface area (Å²) in [7, 11) is 0. The molecule has 0 amide bonds. The zero-order valence-electron chi connectivity index (χ0n) is 14.5. The fourth-order valence-electron chi connectivity index (χ4n) is 2.13. The van der Waals surface area contributed by atoms with Crippen LogP contribution in [0.4, 0.5) is 0 Å². The van der Waals surface area contributed by atoms with Gasteiger partial charge in [-0.25, -0.2) is 4.79 Å². The molecule has 0 aromatic carbocycles. The lowest BCUT2D eigenvalue weighted by Gasteiger charge is -2.03. The van der Waals surface area contributed by atoms with Gasteiger partial charge < -0.3 is 0 Å². The molecule has 0 radical (unpaired) electrons.